The third-order valence-corrected chi connectivity index (χ3v) is 6.25. The van der Waals surface area contributed by atoms with Crippen molar-refractivity contribution in [2.24, 2.45) is 7.05 Å². The van der Waals surface area contributed by atoms with Gasteiger partial charge in [0.25, 0.3) is 0 Å². The number of aliphatic carboxylic acids is 1. The Kier molecular flexibility index (Phi) is 7.81. The SMILES string of the molecule is COc1nc2nn(C)cc2cc1NC(=O)N1CCc2c(N3CCN[C@@H](C)C3)cc(C)nc21.O=C(O)C(F)(F)F. The molecule has 0 bridgehead atoms. The van der Waals surface area contributed by atoms with Crippen LogP contribution in [-0.4, -0.2) is 82.4 Å². The van der Waals surface area contributed by atoms with Gasteiger partial charge in [0, 0.05) is 67.8 Å². The van der Waals surface area contributed by atoms with E-state index in [-0.39, 0.29) is 6.03 Å². The second kappa shape index (κ2) is 10.9. The number of hydrogen-bond acceptors (Lipinski definition) is 8. The van der Waals surface area contributed by atoms with Gasteiger partial charge in [-0.05, 0) is 32.4 Å². The number of fused-ring (bicyclic) bond motifs is 2. The number of alkyl halides is 3. The number of ether oxygens (including phenoxy) is 1. The fourth-order valence-electron chi connectivity index (χ4n) is 4.58. The molecule has 3 N–H and O–H groups in total. The molecule has 15 heteroatoms. The van der Waals surface area contributed by atoms with Crippen molar-refractivity contribution in [2.45, 2.75) is 32.5 Å². The molecule has 5 heterocycles. The van der Waals surface area contributed by atoms with Gasteiger partial charge >= 0.3 is 18.2 Å². The highest BCUT2D eigenvalue weighted by molar-refractivity contribution is 6.04. The summed E-state index contributed by atoms with van der Waals surface area (Å²) in [6, 6.07) is 4.16. The van der Waals surface area contributed by atoms with Crippen molar-refractivity contribution in [1.29, 1.82) is 0 Å². The van der Waals surface area contributed by atoms with Gasteiger partial charge in [0.1, 0.15) is 11.5 Å². The summed E-state index contributed by atoms with van der Waals surface area (Å²) in [6.07, 6.45) is -2.45. The van der Waals surface area contributed by atoms with Crippen molar-refractivity contribution in [3.63, 3.8) is 0 Å². The van der Waals surface area contributed by atoms with E-state index in [9.17, 15) is 18.0 Å². The highest BCUT2D eigenvalue weighted by Crippen LogP contribution is 2.36. The average molecular weight is 551 g/mol. The maximum absolute atomic E-state index is 13.3. The minimum absolute atomic E-state index is 0.246. The first kappa shape index (κ1) is 27.9. The van der Waals surface area contributed by atoms with Gasteiger partial charge in [-0.1, -0.05) is 0 Å². The van der Waals surface area contributed by atoms with Crippen LogP contribution in [0.25, 0.3) is 11.0 Å². The standard InChI is InChI=1S/C22H28N8O2.C2HF3O2/c1-13-9-18(29-8-6-23-14(2)11-29)16-5-7-30(20(16)24-13)22(31)25-17-10-15-12-28(3)27-19(15)26-21(17)32-4;3-2(4,5)1(6)7/h9-10,12,14,23H,5-8,11H2,1-4H3,(H,25,31);(H,6,7)/t14-;/m0./s1. The van der Waals surface area contributed by atoms with Crippen molar-refractivity contribution < 1.29 is 32.6 Å². The number of carbonyl (C=O) groups is 2. The quantitative estimate of drug-likeness (QED) is 0.449. The minimum atomic E-state index is -5.08. The van der Waals surface area contributed by atoms with E-state index >= 15 is 0 Å². The van der Waals surface area contributed by atoms with Gasteiger partial charge in [0.05, 0.1) is 7.11 Å². The number of aromatic nitrogens is 4. The van der Waals surface area contributed by atoms with Crippen molar-refractivity contribution >= 4 is 40.2 Å². The molecule has 0 unspecified atom stereocenters. The van der Waals surface area contributed by atoms with E-state index in [4.69, 9.17) is 19.6 Å². The lowest BCUT2D eigenvalue weighted by Gasteiger charge is -2.35. The Hall–Kier alpha value is -4.14. The Morgan fingerprint density at radius 1 is 1.23 bits per heavy atom. The van der Waals surface area contributed by atoms with Gasteiger partial charge in [-0.2, -0.15) is 23.3 Å². The van der Waals surface area contributed by atoms with E-state index < -0.39 is 12.1 Å². The smallest absolute Gasteiger partial charge is 0.479 e. The number of halogens is 3. The largest absolute Gasteiger partial charge is 0.490 e. The predicted molar refractivity (Wildman–Crippen MR) is 137 cm³/mol. The van der Waals surface area contributed by atoms with E-state index in [1.165, 1.54) is 12.8 Å². The molecule has 2 aliphatic rings. The Bertz CT molecular complexity index is 1390. The lowest BCUT2D eigenvalue weighted by molar-refractivity contribution is -0.192. The van der Waals surface area contributed by atoms with Crippen LogP contribution >= 0.6 is 0 Å². The maximum atomic E-state index is 13.3. The summed E-state index contributed by atoms with van der Waals surface area (Å²) in [5.74, 6) is -1.69. The lowest BCUT2D eigenvalue weighted by Crippen LogP contribution is -2.49. The summed E-state index contributed by atoms with van der Waals surface area (Å²) in [5, 5.41) is 18.7. The Balaban J connectivity index is 0.000000448. The molecule has 1 atom stereocenters. The summed E-state index contributed by atoms with van der Waals surface area (Å²) in [4.78, 5) is 35.4. The second-order valence-electron chi connectivity index (χ2n) is 9.28. The van der Waals surface area contributed by atoms with Crippen molar-refractivity contribution in [3.05, 3.63) is 29.6 Å². The molecular weight excluding hydrogens is 521 g/mol. The van der Waals surface area contributed by atoms with Gasteiger partial charge < -0.3 is 25.4 Å². The zero-order valence-corrected chi connectivity index (χ0v) is 21.8. The van der Waals surface area contributed by atoms with Crippen LogP contribution in [0.1, 0.15) is 18.2 Å². The molecule has 0 radical (unpaired) electrons. The van der Waals surface area contributed by atoms with Crippen LogP contribution in [0.4, 0.5) is 35.2 Å². The molecule has 39 heavy (non-hydrogen) atoms. The summed E-state index contributed by atoms with van der Waals surface area (Å²) in [6.45, 7) is 7.59. The highest BCUT2D eigenvalue weighted by atomic mass is 19.4. The molecule has 0 saturated carbocycles. The predicted octanol–water partition coefficient (Wildman–Crippen LogP) is 2.71. The van der Waals surface area contributed by atoms with Crippen LogP contribution in [0, 0.1) is 6.92 Å². The van der Waals surface area contributed by atoms with E-state index in [0.29, 0.717) is 29.8 Å². The van der Waals surface area contributed by atoms with Crippen LogP contribution in [-0.2, 0) is 18.3 Å². The monoisotopic (exact) mass is 550 g/mol. The molecule has 3 aromatic rings. The Morgan fingerprint density at radius 3 is 2.59 bits per heavy atom. The number of nitrogens with zero attached hydrogens (tertiary/aromatic N) is 6. The molecule has 210 valence electrons. The number of pyridine rings is 2. The number of rotatable bonds is 3. The minimum Gasteiger partial charge on any atom is -0.479 e. The maximum Gasteiger partial charge on any atom is 0.490 e. The number of piperazine rings is 1. The molecule has 3 aromatic heterocycles. The molecule has 2 aliphatic heterocycles. The molecule has 0 aliphatic carbocycles. The van der Waals surface area contributed by atoms with Crippen LogP contribution in [0.2, 0.25) is 0 Å². The van der Waals surface area contributed by atoms with E-state index in [1.54, 1.807) is 9.58 Å². The molecule has 2 amide bonds. The van der Waals surface area contributed by atoms with Crippen molar-refractivity contribution in [2.75, 3.05) is 48.4 Å². The van der Waals surface area contributed by atoms with E-state index in [0.717, 1.165) is 48.5 Å². The summed E-state index contributed by atoms with van der Waals surface area (Å²) >= 11 is 0. The Morgan fingerprint density at radius 2 is 1.95 bits per heavy atom. The zero-order valence-electron chi connectivity index (χ0n) is 21.8. The topological polar surface area (TPSA) is 138 Å². The summed E-state index contributed by atoms with van der Waals surface area (Å²) < 4.78 is 38.8. The first-order valence-corrected chi connectivity index (χ1v) is 12.1. The molecule has 1 saturated heterocycles. The number of carboxylic acid groups (broad SMARTS) is 1. The van der Waals surface area contributed by atoms with Crippen LogP contribution in [0.5, 0.6) is 5.88 Å². The Labute approximate surface area is 221 Å². The molecule has 0 aromatic carbocycles. The third-order valence-electron chi connectivity index (χ3n) is 6.25. The van der Waals surface area contributed by atoms with Crippen LogP contribution < -0.4 is 25.2 Å². The number of carboxylic acids is 1. The van der Waals surface area contributed by atoms with Crippen molar-refractivity contribution in [1.82, 2.24) is 25.1 Å². The fraction of sp³-hybridized carbons (Fsp3) is 0.458. The second-order valence-corrected chi connectivity index (χ2v) is 9.28. The zero-order chi connectivity index (χ0) is 28.5. The number of carbonyl (C=O) groups excluding carboxylic acids is 1. The van der Waals surface area contributed by atoms with Gasteiger partial charge in [-0.15, -0.1) is 0 Å². The van der Waals surface area contributed by atoms with Crippen LogP contribution in [0.15, 0.2) is 18.3 Å². The van der Waals surface area contributed by atoms with Gasteiger partial charge in [0.2, 0.25) is 5.88 Å². The van der Waals surface area contributed by atoms with E-state index in [2.05, 4.69) is 38.6 Å². The third kappa shape index (κ3) is 6.13. The highest BCUT2D eigenvalue weighted by Gasteiger charge is 2.38. The van der Waals surface area contributed by atoms with Gasteiger partial charge in [-0.25, -0.2) is 14.6 Å². The fourth-order valence-corrected chi connectivity index (χ4v) is 4.58. The summed E-state index contributed by atoms with van der Waals surface area (Å²) in [7, 11) is 3.36. The number of nitrogens with one attached hydrogen (secondary N) is 2. The van der Waals surface area contributed by atoms with Crippen LogP contribution in [0.3, 0.4) is 0 Å². The van der Waals surface area contributed by atoms with Gasteiger partial charge in [-0.3, -0.25) is 9.58 Å². The van der Waals surface area contributed by atoms with Crippen molar-refractivity contribution in [3.8, 4) is 5.88 Å². The average Bonchev–Trinajstić information content (AvgIpc) is 3.44. The van der Waals surface area contributed by atoms with Gasteiger partial charge in [0.15, 0.2) is 5.65 Å². The molecular formula is C24H29F3N8O4. The lowest BCUT2D eigenvalue weighted by atomic mass is 10.1. The number of hydrogen-bond donors (Lipinski definition) is 3. The normalized spacial score (nSPS) is 16.9. The molecule has 1 fully saturated rings. The summed E-state index contributed by atoms with van der Waals surface area (Å²) in [5.41, 5.74) is 4.30. The number of methoxy groups -OCH3 is 1. The molecule has 0 spiro atoms. The molecule has 12 nitrogen and oxygen atoms in total. The first-order valence-electron chi connectivity index (χ1n) is 12.1. The molecule has 5 rings (SSSR count). The number of aryl methyl sites for hydroxylation is 2. The number of anilines is 3. The number of urea groups is 1. The van der Waals surface area contributed by atoms with E-state index in [1.807, 2.05) is 26.2 Å². The number of amides is 2. The first-order chi connectivity index (χ1) is 18.4.